The van der Waals surface area contributed by atoms with Gasteiger partial charge in [-0.25, -0.2) is 0 Å². The van der Waals surface area contributed by atoms with Crippen LogP contribution in [0.5, 0.6) is 0 Å². The summed E-state index contributed by atoms with van der Waals surface area (Å²) >= 11 is 0. The van der Waals surface area contributed by atoms with Crippen molar-refractivity contribution in [1.82, 2.24) is 0 Å². The second kappa shape index (κ2) is 9.73. The van der Waals surface area contributed by atoms with E-state index in [9.17, 15) is 0 Å². The van der Waals surface area contributed by atoms with E-state index in [-0.39, 0.29) is 11.9 Å². The van der Waals surface area contributed by atoms with Crippen LogP contribution in [0, 0.1) is 46.3 Å². The molecular weight excluding hydrogens is 430 g/mol. The number of likely N-dealkylation sites (N-methyl/N-ethyl adjacent to an activating group) is 1. The minimum Gasteiger partial charge on any atom is -0.347 e. The van der Waals surface area contributed by atoms with Crippen LogP contribution in [0.2, 0.25) is 0 Å². The van der Waals surface area contributed by atoms with Gasteiger partial charge in [-0.05, 0) is 84.9 Å². The molecular formula is C32H56NO2+. The van der Waals surface area contributed by atoms with Crippen molar-refractivity contribution in [1.29, 1.82) is 0 Å². The van der Waals surface area contributed by atoms with Crippen LogP contribution in [-0.4, -0.2) is 39.1 Å². The van der Waals surface area contributed by atoms with Gasteiger partial charge in [-0.2, -0.15) is 0 Å². The smallest absolute Gasteiger partial charge is 0.172 e. The van der Waals surface area contributed by atoms with Gasteiger partial charge < -0.3 is 14.4 Å². The first-order valence-electron chi connectivity index (χ1n) is 15.4. The monoisotopic (exact) mass is 486 g/mol. The summed E-state index contributed by atoms with van der Waals surface area (Å²) in [6, 6.07) is 0. The molecule has 5 aliphatic rings. The maximum absolute atomic E-state index is 6.62. The Morgan fingerprint density at radius 1 is 1.00 bits per heavy atom. The number of hydrogen-bond donors (Lipinski definition) is 1. The molecule has 1 aliphatic heterocycles. The molecule has 9 atom stereocenters. The van der Waals surface area contributed by atoms with Gasteiger partial charge in [0.05, 0.1) is 20.7 Å². The zero-order chi connectivity index (χ0) is 25.0. The molecule has 0 bridgehead atoms. The molecule has 1 saturated heterocycles. The Morgan fingerprint density at radius 2 is 1.80 bits per heavy atom. The fourth-order valence-electron chi connectivity index (χ4n) is 10.0. The van der Waals surface area contributed by atoms with Gasteiger partial charge in [0.1, 0.15) is 12.6 Å². The minimum absolute atomic E-state index is 0.259. The lowest BCUT2D eigenvalue weighted by atomic mass is 9.46. The second-order valence-electron chi connectivity index (χ2n) is 14.8. The number of rotatable bonds is 7. The van der Waals surface area contributed by atoms with Crippen molar-refractivity contribution in [2.24, 2.45) is 46.3 Å². The van der Waals surface area contributed by atoms with Gasteiger partial charge >= 0.3 is 0 Å². The number of fused-ring (bicyclic) bond motifs is 5. The zero-order valence-corrected chi connectivity index (χ0v) is 24.1. The lowest BCUT2D eigenvalue weighted by molar-refractivity contribution is -0.861. The predicted octanol–water partition coefficient (Wildman–Crippen LogP) is 6.28. The molecule has 0 aromatic rings. The van der Waals surface area contributed by atoms with Gasteiger partial charge in [0.25, 0.3) is 0 Å². The van der Waals surface area contributed by atoms with Crippen molar-refractivity contribution in [3.63, 3.8) is 0 Å². The summed E-state index contributed by atoms with van der Waals surface area (Å²) in [5, 5.41) is 0. The molecule has 4 fully saturated rings. The van der Waals surface area contributed by atoms with Crippen LogP contribution in [0.15, 0.2) is 11.6 Å². The molecule has 0 radical (unpaired) electrons. The average Bonchev–Trinajstić information content (AvgIpc) is 3.34. The summed E-state index contributed by atoms with van der Waals surface area (Å²) in [5.74, 6) is 5.08. The van der Waals surface area contributed by atoms with Crippen LogP contribution < -0.4 is 4.90 Å². The van der Waals surface area contributed by atoms with Crippen LogP contribution in [0.1, 0.15) is 105 Å². The molecule has 35 heavy (non-hydrogen) atoms. The van der Waals surface area contributed by atoms with E-state index < -0.39 is 0 Å². The van der Waals surface area contributed by atoms with E-state index in [1.165, 1.54) is 62.7 Å². The first kappa shape index (κ1) is 26.2. The fraction of sp³-hybridized carbons (Fsp3) is 0.938. The molecule has 1 heterocycles. The summed E-state index contributed by atoms with van der Waals surface area (Å²) in [7, 11) is 4.43. The number of allylic oxidation sites excluding steroid dienone is 1. The van der Waals surface area contributed by atoms with Crippen molar-refractivity contribution in [2.75, 3.05) is 27.2 Å². The first-order valence-corrected chi connectivity index (χ1v) is 15.4. The topological polar surface area (TPSA) is 22.9 Å². The van der Waals surface area contributed by atoms with Gasteiger partial charge in [-0.1, -0.05) is 65.5 Å². The number of nitrogens with one attached hydrogen (secondary N) is 1. The van der Waals surface area contributed by atoms with E-state index in [0.717, 1.165) is 61.5 Å². The summed E-state index contributed by atoms with van der Waals surface area (Å²) in [6.45, 7) is 14.5. The van der Waals surface area contributed by atoms with E-state index in [1.807, 2.05) is 0 Å². The highest BCUT2D eigenvalue weighted by atomic mass is 16.7. The van der Waals surface area contributed by atoms with Crippen molar-refractivity contribution in [3.05, 3.63) is 11.6 Å². The standard InChI is InChI=1S/C32H55NO2/c1-22(2)9-8-10-23(3)27-13-14-28-26-12-11-24-19-32(34-21-25(35-32)20-33(6)7)18-17-30(24,4)29(26)15-16-31(27,28)5/h11,22-23,25-29H,8-10,12-21H2,1-7H3/p+1/t23-,25?,26+,27-,28+,29+,30+,31-,32?/m1/s1. The van der Waals surface area contributed by atoms with Crippen molar-refractivity contribution in [2.45, 2.75) is 117 Å². The number of ether oxygens (including phenoxy) is 2. The van der Waals surface area contributed by atoms with Gasteiger partial charge in [0, 0.05) is 12.8 Å². The zero-order valence-electron chi connectivity index (χ0n) is 24.1. The quantitative estimate of drug-likeness (QED) is 0.428. The van der Waals surface area contributed by atoms with E-state index in [2.05, 4.69) is 54.8 Å². The SMILES string of the molecule is CC(C)CCC[C@@H](C)[C@H]1CC[C@H]2[C@@H]3CC=C4CC5(CC[C@]4(C)[C@H]3CC[C@]12C)OCC(C[NH+](C)C)O5. The summed E-state index contributed by atoms with van der Waals surface area (Å²) < 4.78 is 13.0. The Hall–Kier alpha value is -0.380. The Balaban J connectivity index is 1.28. The maximum Gasteiger partial charge on any atom is 0.172 e. The molecule has 2 unspecified atom stereocenters. The Labute approximate surface area is 216 Å². The van der Waals surface area contributed by atoms with Crippen molar-refractivity contribution < 1.29 is 14.4 Å². The maximum atomic E-state index is 6.62. The van der Waals surface area contributed by atoms with Gasteiger partial charge in [0.15, 0.2) is 5.79 Å². The van der Waals surface area contributed by atoms with Crippen LogP contribution in [-0.2, 0) is 9.47 Å². The van der Waals surface area contributed by atoms with E-state index in [4.69, 9.17) is 9.47 Å². The molecule has 3 saturated carbocycles. The number of quaternary nitrogens is 1. The van der Waals surface area contributed by atoms with Crippen molar-refractivity contribution in [3.8, 4) is 0 Å². The molecule has 1 spiro atoms. The molecule has 5 rings (SSSR count). The van der Waals surface area contributed by atoms with Crippen LogP contribution in [0.25, 0.3) is 0 Å². The van der Waals surface area contributed by atoms with Crippen LogP contribution in [0.4, 0.5) is 0 Å². The lowest BCUT2D eigenvalue weighted by Gasteiger charge is -2.59. The average molecular weight is 487 g/mol. The third-order valence-electron chi connectivity index (χ3n) is 11.9. The Kier molecular flexibility index (Phi) is 7.30. The lowest BCUT2D eigenvalue weighted by Crippen LogP contribution is -3.07. The molecule has 3 heteroatoms. The van der Waals surface area contributed by atoms with E-state index in [1.54, 1.807) is 5.57 Å². The summed E-state index contributed by atoms with van der Waals surface area (Å²) in [6.07, 6.45) is 17.8. The molecule has 0 aromatic carbocycles. The van der Waals surface area contributed by atoms with Gasteiger partial charge in [0.2, 0.25) is 0 Å². The molecule has 1 N–H and O–H groups in total. The highest BCUT2D eigenvalue weighted by molar-refractivity contribution is 5.26. The minimum atomic E-state index is -0.328. The Morgan fingerprint density at radius 3 is 2.54 bits per heavy atom. The summed E-state index contributed by atoms with van der Waals surface area (Å²) in [4.78, 5) is 1.45. The molecule has 4 aliphatic carbocycles. The fourth-order valence-corrected chi connectivity index (χ4v) is 10.0. The van der Waals surface area contributed by atoms with Crippen molar-refractivity contribution >= 4 is 0 Å². The molecule has 0 aromatic heterocycles. The largest absolute Gasteiger partial charge is 0.347 e. The summed E-state index contributed by atoms with van der Waals surface area (Å²) in [5.41, 5.74) is 2.63. The Bertz CT molecular complexity index is 790. The highest BCUT2D eigenvalue weighted by Gasteiger charge is 2.61. The van der Waals surface area contributed by atoms with Gasteiger partial charge in [-0.15, -0.1) is 0 Å². The normalized spacial score (nSPS) is 46.0. The molecule has 0 amide bonds. The van der Waals surface area contributed by atoms with E-state index in [0.29, 0.717) is 10.8 Å². The second-order valence-corrected chi connectivity index (χ2v) is 14.8. The number of hydrogen-bond acceptors (Lipinski definition) is 2. The van der Waals surface area contributed by atoms with E-state index >= 15 is 0 Å². The predicted molar refractivity (Wildman–Crippen MR) is 144 cm³/mol. The first-order chi connectivity index (χ1) is 16.6. The third kappa shape index (κ3) is 4.69. The van der Waals surface area contributed by atoms with Crippen LogP contribution in [0.3, 0.4) is 0 Å². The highest BCUT2D eigenvalue weighted by Crippen LogP contribution is 2.68. The molecule has 3 nitrogen and oxygen atoms in total. The third-order valence-corrected chi connectivity index (χ3v) is 11.9. The van der Waals surface area contributed by atoms with Gasteiger partial charge in [-0.3, -0.25) is 0 Å². The van der Waals surface area contributed by atoms with Crippen LogP contribution >= 0.6 is 0 Å². The molecule has 200 valence electrons.